The topological polar surface area (TPSA) is 96.0 Å². The number of carbonyl (C=O) groups is 2. The smallest absolute Gasteiger partial charge is 0.243 e. The van der Waals surface area contributed by atoms with Gasteiger partial charge >= 0.3 is 0 Å². The summed E-state index contributed by atoms with van der Waals surface area (Å²) in [6.07, 6.45) is 1.95. The van der Waals surface area contributed by atoms with Crippen molar-refractivity contribution in [3.8, 4) is 0 Å². The molecule has 0 bridgehead atoms. The Morgan fingerprint density at radius 2 is 1.93 bits per heavy atom. The lowest BCUT2D eigenvalue weighted by Crippen LogP contribution is -2.43. The summed E-state index contributed by atoms with van der Waals surface area (Å²) in [7, 11) is -3.66. The van der Waals surface area contributed by atoms with Gasteiger partial charge in [0.1, 0.15) is 6.54 Å². The molecule has 1 aromatic carbocycles. The van der Waals surface area contributed by atoms with Crippen LogP contribution in [0.1, 0.15) is 32.3 Å². The summed E-state index contributed by atoms with van der Waals surface area (Å²) < 4.78 is 32.6. The van der Waals surface area contributed by atoms with E-state index >= 15 is 0 Å². The van der Waals surface area contributed by atoms with Crippen LogP contribution in [0.3, 0.4) is 0 Å². The molecular formula is C19H25N3O5S. The van der Waals surface area contributed by atoms with E-state index in [1.807, 2.05) is 0 Å². The summed E-state index contributed by atoms with van der Waals surface area (Å²) in [5.41, 5.74) is 0.332. The molecule has 4 rings (SSSR count). The predicted molar refractivity (Wildman–Crippen MR) is 103 cm³/mol. The Balaban J connectivity index is 1.64. The molecular weight excluding hydrogens is 382 g/mol. The SMILES string of the molecule is CC1(C)C(=O)N(CC(=O)NC2CC2)c2ccc(S(=O)(=O)N3CCOCC3)cc21. The molecule has 2 fully saturated rings. The second kappa shape index (κ2) is 6.82. The largest absolute Gasteiger partial charge is 0.379 e. The third-order valence-corrected chi connectivity index (χ3v) is 7.46. The van der Waals surface area contributed by atoms with Crippen molar-refractivity contribution in [3.63, 3.8) is 0 Å². The van der Waals surface area contributed by atoms with Crippen LogP contribution in [0.2, 0.25) is 0 Å². The molecule has 0 unspecified atom stereocenters. The zero-order chi connectivity index (χ0) is 20.1. The van der Waals surface area contributed by atoms with Gasteiger partial charge < -0.3 is 15.0 Å². The Labute approximate surface area is 164 Å². The van der Waals surface area contributed by atoms with Crippen molar-refractivity contribution < 1.29 is 22.7 Å². The van der Waals surface area contributed by atoms with Crippen LogP contribution in [-0.4, -0.2) is 63.4 Å². The lowest BCUT2D eigenvalue weighted by molar-refractivity contribution is -0.125. The minimum Gasteiger partial charge on any atom is -0.379 e. The average Bonchev–Trinajstić information content (AvgIpc) is 3.46. The highest BCUT2D eigenvalue weighted by Gasteiger charge is 2.45. The molecule has 1 aliphatic carbocycles. The summed E-state index contributed by atoms with van der Waals surface area (Å²) >= 11 is 0. The Morgan fingerprint density at radius 1 is 1.25 bits per heavy atom. The maximum Gasteiger partial charge on any atom is 0.243 e. The van der Waals surface area contributed by atoms with E-state index in [1.54, 1.807) is 26.0 Å². The van der Waals surface area contributed by atoms with Gasteiger partial charge in [0.2, 0.25) is 21.8 Å². The minimum absolute atomic E-state index is 0.0542. The molecule has 2 heterocycles. The fourth-order valence-electron chi connectivity index (χ4n) is 3.71. The molecule has 8 nitrogen and oxygen atoms in total. The van der Waals surface area contributed by atoms with E-state index in [9.17, 15) is 18.0 Å². The van der Waals surface area contributed by atoms with Gasteiger partial charge in [0.05, 0.1) is 23.5 Å². The number of anilines is 1. The number of rotatable bonds is 5. The number of morpholine rings is 1. The first-order valence-electron chi connectivity index (χ1n) is 9.55. The van der Waals surface area contributed by atoms with Crippen LogP contribution in [-0.2, 0) is 29.8 Å². The van der Waals surface area contributed by atoms with Crippen molar-refractivity contribution in [2.24, 2.45) is 0 Å². The van der Waals surface area contributed by atoms with Gasteiger partial charge in [0, 0.05) is 24.8 Å². The number of fused-ring (bicyclic) bond motifs is 1. The number of hydrogen-bond acceptors (Lipinski definition) is 5. The Kier molecular flexibility index (Phi) is 4.71. The highest BCUT2D eigenvalue weighted by atomic mass is 32.2. The Morgan fingerprint density at radius 3 is 2.57 bits per heavy atom. The zero-order valence-corrected chi connectivity index (χ0v) is 16.9. The van der Waals surface area contributed by atoms with Gasteiger partial charge in [0.15, 0.2) is 0 Å². The number of nitrogens with one attached hydrogen (secondary N) is 1. The first-order valence-corrected chi connectivity index (χ1v) is 11.0. The number of carbonyl (C=O) groups excluding carboxylic acids is 2. The van der Waals surface area contributed by atoms with Crippen molar-refractivity contribution in [2.45, 2.75) is 43.0 Å². The van der Waals surface area contributed by atoms with Crippen molar-refractivity contribution in [1.29, 1.82) is 0 Å². The molecule has 9 heteroatoms. The van der Waals surface area contributed by atoms with Gasteiger partial charge in [0.25, 0.3) is 0 Å². The normalized spacial score (nSPS) is 22.2. The minimum atomic E-state index is -3.66. The molecule has 2 amide bonds. The molecule has 0 aromatic heterocycles. The quantitative estimate of drug-likeness (QED) is 0.772. The fourth-order valence-corrected chi connectivity index (χ4v) is 5.15. The van der Waals surface area contributed by atoms with Crippen LogP contribution in [0.5, 0.6) is 0 Å². The van der Waals surface area contributed by atoms with E-state index < -0.39 is 15.4 Å². The van der Waals surface area contributed by atoms with Gasteiger partial charge in [-0.15, -0.1) is 0 Å². The molecule has 3 aliphatic rings. The third-order valence-electron chi connectivity index (χ3n) is 5.56. The molecule has 2 aliphatic heterocycles. The summed E-state index contributed by atoms with van der Waals surface area (Å²) in [4.78, 5) is 26.8. The summed E-state index contributed by atoms with van der Waals surface area (Å²) in [6.45, 7) is 4.85. The highest BCUT2D eigenvalue weighted by Crippen LogP contribution is 2.42. The maximum absolute atomic E-state index is 13.0. The van der Waals surface area contributed by atoms with E-state index in [1.165, 1.54) is 15.3 Å². The standard InChI is InChI=1S/C19H25N3O5S/c1-19(2)15-11-14(28(25,26)21-7-9-27-10-8-21)5-6-16(15)22(18(19)24)12-17(23)20-13-3-4-13/h5-6,11,13H,3-4,7-10,12H2,1-2H3,(H,20,23). The van der Waals surface area contributed by atoms with Gasteiger partial charge in [-0.2, -0.15) is 4.31 Å². The second-order valence-corrected chi connectivity index (χ2v) is 9.99. The van der Waals surface area contributed by atoms with Crippen LogP contribution >= 0.6 is 0 Å². The third kappa shape index (κ3) is 3.31. The average molecular weight is 407 g/mol. The summed E-state index contributed by atoms with van der Waals surface area (Å²) in [6, 6.07) is 4.96. The molecule has 0 radical (unpaired) electrons. The molecule has 1 saturated carbocycles. The lowest BCUT2D eigenvalue weighted by atomic mass is 9.86. The number of benzene rings is 1. The summed E-state index contributed by atoms with van der Waals surface area (Å²) in [5, 5.41) is 2.89. The van der Waals surface area contributed by atoms with Gasteiger partial charge in [-0.3, -0.25) is 9.59 Å². The van der Waals surface area contributed by atoms with Crippen molar-refractivity contribution in [1.82, 2.24) is 9.62 Å². The van der Waals surface area contributed by atoms with Crippen LogP contribution in [0, 0.1) is 0 Å². The maximum atomic E-state index is 13.0. The van der Waals surface area contributed by atoms with Crippen LogP contribution < -0.4 is 10.2 Å². The molecule has 152 valence electrons. The molecule has 0 atom stereocenters. The van der Waals surface area contributed by atoms with E-state index in [-0.39, 0.29) is 29.3 Å². The summed E-state index contributed by atoms with van der Waals surface area (Å²) in [5.74, 6) is -0.390. The molecule has 1 saturated heterocycles. The highest BCUT2D eigenvalue weighted by molar-refractivity contribution is 7.89. The number of amides is 2. The Hall–Kier alpha value is -1.97. The van der Waals surface area contributed by atoms with E-state index in [0.29, 0.717) is 37.6 Å². The monoisotopic (exact) mass is 407 g/mol. The Bertz CT molecular complexity index is 917. The molecule has 0 spiro atoms. The second-order valence-electron chi connectivity index (χ2n) is 8.05. The molecule has 1 N–H and O–H groups in total. The number of sulfonamides is 1. The lowest BCUT2D eigenvalue weighted by Gasteiger charge is -2.26. The van der Waals surface area contributed by atoms with Gasteiger partial charge in [-0.25, -0.2) is 8.42 Å². The van der Waals surface area contributed by atoms with E-state index in [4.69, 9.17) is 4.74 Å². The number of ether oxygens (including phenoxy) is 1. The predicted octanol–water partition coefficient (Wildman–Crippen LogP) is 0.610. The van der Waals surface area contributed by atoms with Gasteiger partial charge in [-0.1, -0.05) is 0 Å². The van der Waals surface area contributed by atoms with Crippen LogP contribution in [0.4, 0.5) is 5.69 Å². The van der Waals surface area contributed by atoms with Gasteiger partial charge in [-0.05, 0) is 50.5 Å². The van der Waals surface area contributed by atoms with E-state index in [2.05, 4.69) is 5.32 Å². The fraction of sp³-hybridized carbons (Fsp3) is 0.579. The van der Waals surface area contributed by atoms with Crippen molar-refractivity contribution in [2.75, 3.05) is 37.7 Å². The van der Waals surface area contributed by atoms with Crippen LogP contribution in [0.15, 0.2) is 23.1 Å². The first kappa shape index (κ1) is 19.4. The molecule has 1 aromatic rings. The number of nitrogens with zero attached hydrogens (tertiary/aromatic N) is 2. The van der Waals surface area contributed by atoms with Crippen LogP contribution in [0.25, 0.3) is 0 Å². The van der Waals surface area contributed by atoms with Crippen molar-refractivity contribution in [3.05, 3.63) is 23.8 Å². The van der Waals surface area contributed by atoms with Crippen molar-refractivity contribution >= 4 is 27.5 Å². The van der Waals surface area contributed by atoms with E-state index in [0.717, 1.165) is 12.8 Å². The zero-order valence-electron chi connectivity index (χ0n) is 16.1. The number of hydrogen-bond donors (Lipinski definition) is 1. The first-order chi connectivity index (χ1) is 13.2. The molecule has 28 heavy (non-hydrogen) atoms.